The minimum Gasteiger partial charge on any atom is -0.452 e. The van der Waals surface area contributed by atoms with E-state index in [0.717, 1.165) is 4.90 Å². The van der Waals surface area contributed by atoms with Crippen LogP contribution in [0, 0.1) is 0 Å². The average Bonchev–Trinajstić information content (AvgIpc) is 2.71. The van der Waals surface area contributed by atoms with E-state index in [9.17, 15) is 19.2 Å². The molecule has 2 rings (SSSR count). The molecule has 7 heteroatoms. The molecular weight excluding hydrogens is 348 g/mol. The van der Waals surface area contributed by atoms with Crippen molar-refractivity contribution >= 4 is 23.6 Å². The molecule has 0 aliphatic rings. The first-order valence-electron chi connectivity index (χ1n) is 8.24. The number of nitrogens with zero attached hydrogens (tertiary/aromatic N) is 1. The van der Waals surface area contributed by atoms with Gasteiger partial charge in [-0.15, -0.1) is 0 Å². The minimum absolute atomic E-state index is 0.0770. The first kappa shape index (κ1) is 19.8. The number of likely N-dealkylation sites (N-methyl/N-ethyl adjacent to an activating group) is 2. The third-order valence-corrected chi connectivity index (χ3v) is 3.84. The highest BCUT2D eigenvalue weighted by molar-refractivity contribution is 6.14. The zero-order valence-corrected chi connectivity index (χ0v) is 15.1. The quantitative estimate of drug-likeness (QED) is 0.587. The van der Waals surface area contributed by atoms with Gasteiger partial charge in [0.15, 0.2) is 12.4 Å². The second kappa shape index (κ2) is 9.28. The lowest BCUT2D eigenvalue weighted by Crippen LogP contribution is -2.39. The van der Waals surface area contributed by atoms with Gasteiger partial charge in [-0.2, -0.15) is 0 Å². The highest BCUT2D eigenvalue weighted by Gasteiger charge is 2.20. The number of carbonyl (C=O) groups is 4. The predicted molar refractivity (Wildman–Crippen MR) is 98.3 cm³/mol. The van der Waals surface area contributed by atoms with Crippen LogP contribution in [0.25, 0.3) is 0 Å². The number of carbonyl (C=O) groups excluding carboxylic acids is 4. The second-order valence-corrected chi connectivity index (χ2v) is 5.74. The summed E-state index contributed by atoms with van der Waals surface area (Å²) in [6.45, 7) is -0.670. The Kier molecular flexibility index (Phi) is 6.82. The summed E-state index contributed by atoms with van der Waals surface area (Å²) in [7, 11) is 2.89. The lowest BCUT2D eigenvalue weighted by molar-refractivity contribution is -0.137. The third kappa shape index (κ3) is 5.24. The maximum atomic E-state index is 12.6. The van der Waals surface area contributed by atoms with Crippen LogP contribution in [0.4, 0.5) is 0 Å². The van der Waals surface area contributed by atoms with Crippen LogP contribution in [-0.4, -0.2) is 55.7 Å². The first-order valence-corrected chi connectivity index (χ1v) is 8.24. The molecule has 0 atom stereocenters. The maximum absolute atomic E-state index is 12.6. The number of ketones is 1. The second-order valence-electron chi connectivity index (χ2n) is 5.74. The summed E-state index contributed by atoms with van der Waals surface area (Å²) in [4.78, 5) is 49.4. The summed E-state index contributed by atoms with van der Waals surface area (Å²) in [6, 6.07) is 14.8. The molecule has 0 saturated carbocycles. The van der Waals surface area contributed by atoms with Crippen LogP contribution in [0.2, 0.25) is 0 Å². The molecule has 2 aromatic rings. The van der Waals surface area contributed by atoms with Gasteiger partial charge in [0.1, 0.15) is 0 Å². The molecule has 0 aliphatic heterocycles. The first-order chi connectivity index (χ1) is 12.9. The lowest BCUT2D eigenvalue weighted by atomic mass is 9.98. The molecule has 7 nitrogen and oxygen atoms in total. The molecule has 0 aliphatic carbocycles. The van der Waals surface area contributed by atoms with E-state index in [4.69, 9.17) is 4.74 Å². The van der Waals surface area contributed by atoms with Crippen molar-refractivity contribution in [2.75, 3.05) is 27.2 Å². The van der Waals surface area contributed by atoms with Crippen LogP contribution >= 0.6 is 0 Å². The standard InChI is InChI=1S/C20H20N2O5/c1-21-17(23)12-22(2)18(24)13-27-20(26)16-11-7-6-10-15(16)19(25)14-8-4-3-5-9-14/h3-11H,12-13H2,1-2H3,(H,21,23). The van der Waals surface area contributed by atoms with Gasteiger partial charge >= 0.3 is 5.97 Å². The molecule has 0 spiro atoms. The minimum atomic E-state index is -0.781. The van der Waals surface area contributed by atoms with E-state index >= 15 is 0 Å². The van der Waals surface area contributed by atoms with E-state index in [1.165, 1.54) is 26.2 Å². The molecule has 1 N–H and O–H groups in total. The van der Waals surface area contributed by atoms with Crippen molar-refractivity contribution in [2.24, 2.45) is 0 Å². The molecule has 0 fully saturated rings. The molecule has 0 unspecified atom stereocenters. The Bertz CT molecular complexity index is 848. The van der Waals surface area contributed by atoms with Crippen LogP contribution in [-0.2, 0) is 14.3 Å². The SMILES string of the molecule is CNC(=O)CN(C)C(=O)COC(=O)c1ccccc1C(=O)c1ccccc1. The smallest absolute Gasteiger partial charge is 0.339 e. The van der Waals surface area contributed by atoms with E-state index in [0.29, 0.717) is 5.56 Å². The number of benzene rings is 2. The lowest BCUT2D eigenvalue weighted by Gasteiger charge is -2.16. The van der Waals surface area contributed by atoms with Crippen LogP contribution < -0.4 is 5.32 Å². The van der Waals surface area contributed by atoms with Gasteiger partial charge in [-0.3, -0.25) is 14.4 Å². The van der Waals surface area contributed by atoms with Crippen molar-refractivity contribution in [1.29, 1.82) is 0 Å². The molecule has 2 amide bonds. The molecule has 0 aromatic heterocycles. The summed E-state index contributed by atoms with van der Waals surface area (Å²) in [6.07, 6.45) is 0. The number of hydrogen-bond donors (Lipinski definition) is 1. The van der Waals surface area contributed by atoms with Crippen molar-refractivity contribution < 1.29 is 23.9 Å². The van der Waals surface area contributed by atoms with Crippen molar-refractivity contribution in [1.82, 2.24) is 10.2 Å². The van der Waals surface area contributed by atoms with Crippen molar-refractivity contribution in [3.05, 3.63) is 71.3 Å². The number of rotatable bonds is 7. The summed E-state index contributed by atoms with van der Waals surface area (Å²) in [5.74, 6) is -1.96. The number of esters is 1. The molecule has 0 radical (unpaired) electrons. The van der Waals surface area contributed by atoms with Crippen molar-refractivity contribution in [3.8, 4) is 0 Å². The Morgan fingerprint density at radius 1 is 0.926 bits per heavy atom. The monoisotopic (exact) mass is 368 g/mol. The maximum Gasteiger partial charge on any atom is 0.339 e. The fourth-order valence-corrected chi connectivity index (χ4v) is 2.30. The van der Waals surface area contributed by atoms with Gasteiger partial charge in [-0.1, -0.05) is 48.5 Å². The number of hydrogen-bond acceptors (Lipinski definition) is 5. The molecule has 0 bridgehead atoms. The molecular formula is C20H20N2O5. The fraction of sp³-hybridized carbons (Fsp3) is 0.200. The number of ether oxygens (including phenoxy) is 1. The Morgan fingerprint density at radius 2 is 1.52 bits per heavy atom. The largest absolute Gasteiger partial charge is 0.452 e. The van der Waals surface area contributed by atoms with E-state index in [1.54, 1.807) is 42.5 Å². The fourth-order valence-electron chi connectivity index (χ4n) is 2.30. The molecule has 2 aromatic carbocycles. The Hall–Kier alpha value is -3.48. The predicted octanol–water partition coefficient (Wildman–Crippen LogP) is 1.28. The van der Waals surface area contributed by atoms with Gasteiger partial charge in [0.25, 0.3) is 5.91 Å². The summed E-state index contributed by atoms with van der Waals surface area (Å²) >= 11 is 0. The van der Waals surface area contributed by atoms with E-state index in [-0.39, 0.29) is 29.4 Å². The summed E-state index contributed by atoms with van der Waals surface area (Å²) < 4.78 is 5.04. The number of nitrogens with one attached hydrogen (secondary N) is 1. The van der Waals surface area contributed by atoms with Gasteiger partial charge in [0.2, 0.25) is 5.91 Å². The molecule has 0 saturated heterocycles. The average molecular weight is 368 g/mol. The molecule has 140 valence electrons. The van der Waals surface area contributed by atoms with Crippen LogP contribution in [0.15, 0.2) is 54.6 Å². The van der Waals surface area contributed by atoms with Crippen molar-refractivity contribution in [2.45, 2.75) is 0 Å². The normalized spacial score (nSPS) is 10.0. The van der Waals surface area contributed by atoms with E-state index in [2.05, 4.69) is 5.32 Å². The van der Waals surface area contributed by atoms with Gasteiger partial charge in [-0.25, -0.2) is 4.79 Å². The van der Waals surface area contributed by atoms with Crippen LogP contribution in [0.3, 0.4) is 0 Å². The van der Waals surface area contributed by atoms with Crippen LogP contribution in [0.5, 0.6) is 0 Å². The molecule has 27 heavy (non-hydrogen) atoms. The Labute approximate surface area is 156 Å². The Balaban J connectivity index is 2.08. The van der Waals surface area contributed by atoms with E-state index < -0.39 is 18.5 Å². The van der Waals surface area contributed by atoms with Gasteiger partial charge < -0.3 is 15.0 Å². The molecule has 0 heterocycles. The zero-order chi connectivity index (χ0) is 19.8. The third-order valence-electron chi connectivity index (χ3n) is 3.84. The van der Waals surface area contributed by atoms with Gasteiger partial charge in [0, 0.05) is 25.2 Å². The van der Waals surface area contributed by atoms with E-state index in [1.807, 2.05) is 0 Å². The van der Waals surface area contributed by atoms with Crippen LogP contribution in [0.1, 0.15) is 26.3 Å². The topological polar surface area (TPSA) is 92.8 Å². The Morgan fingerprint density at radius 3 is 2.15 bits per heavy atom. The summed E-state index contributed by atoms with van der Waals surface area (Å²) in [5, 5.41) is 2.40. The summed E-state index contributed by atoms with van der Waals surface area (Å²) in [5.41, 5.74) is 0.715. The highest BCUT2D eigenvalue weighted by atomic mass is 16.5. The zero-order valence-electron chi connectivity index (χ0n) is 15.1. The number of amides is 2. The highest BCUT2D eigenvalue weighted by Crippen LogP contribution is 2.16. The van der Waals surface area contributed by atoms with Gasteiger partial charge in [-0.05, 0) is 6.07 Å². The van der Waals surface area contributed by atoms with Gasteiger partial charge in [0.05, 0.1) is 12.1 Å². The van der Waals surface area contributed by atoms with Crippen molar-refractivity contribution in [3.63, 3.8) is 0 Å².